The Bertz CT molecular complexity index is 767. The monoisotopic (exact) mass is 323 g/mol. The molecule has 0 radical (unpaired) electrons. The third-order valence-electron chi connectivity index (χ3n) is 4.59. The first-order valence-electron chi connectivity index (χ1n) is 8.07. The first kappa shape index (κ1) is 16.2. The van der Waals surface area contributed by atoms with Gasteiger partial charge in [-0.15, -0.1) is 0 Å². The third kappa shape index (κ3) is 3.30. The Hall–Kier alpha value is -2.69. The normalized spacial score (nSPS) is 14.8. The summed E-state index contributed by atoms with van der Waals surface area (Å²) in [6.07, 6.45) is 4.54. The van der Waals surface area contributed by atoms with Crippen molar-refractivity contribution in [1.82, 2.24) is 10.3 Å². The fourth-order valence-electron chi connectivity index (χ4n) is 2.60. The molecule has 1 aromatic carbocycles. The van der Waals surface area contributed by atoms with Crippen molar-refractivity contribution in [2.75, 3.05) is 5.32 Å². The molecule has 124 valence electrons. The lowest BCUT2D eigenvalue weighted by molar-refractivity contribution is -0.134. The minimum atomic E-state index is -0.925. The van der Waals surface area contributed by atoms with Crippen molar-refractivity contribution >= 4 is 17.5 Å². The summed E-state index contributed by atoms with van der Waals surface area (Å²) in [7, 11) is 0. The molecule has 1 fully saturated rings. The second kappa shape index (κ2) is 6.43. The molecule has 0 unspecified atom stereocenters. The van der Waals surface area contributed by atoms with Crippen LogP contribution in [0, 0.1) is 19.3 Å². The van der Waals surface area contributed by atoms with E-state index in [1.54, 1.807) is 12.4 Å². The number of hydrogen-bond donors (Lipinski definition) is 2. The van der Waals surface area contributed by atoms with E-state index in [2.05, 4.69) is 15.6 Å². The summed E-state index contributed by atoms with van der Waals surface area (Å²) in [5.41, 5.74) is 3.05. The SMILES string of the molecule is Cc1ccc(NC(=O)C2(C(=O)NCc3ccncc3)CC2)cc1C. The number of hydrogen-bond acceptors (Lipinski definition) is 3. The lowest BCUT2D eigenvalue weighted by atomic mass is 10.0. The van der Waals surface area contributed by atoms with Gasteiger partial charge in [0.05, 0.1) is 0 Å². The van der Waals surface area contributed by atoms with E-state index in [-0.39, 0.29) is 11.8 Å². The molecule has 0 spiro atoms. The zero-order chi connectivity index (χ0) is 17.2. The minimum absolute atomic E-state index is 0.208. The van der Waals surface area contributed by atoms with Crippen LogP contribution in [0.15, 0.2) is 42.7 Å². The Morgan fingerprint density at radius 2 is 1.75 bits per heavy atom. The number of amides is 2. The van der Waals surface area contributed by atoms with Crippen molar-refractivity contribution in [2.45, 2.75) is 33.2 Å². The maximum Gasteiger partial charge on any atom is 0.240 e. The van der Waals surface area contributed by atoms with Gasteiger partial charge in [-0.1, -0.05) is 6.07 Å². The van der Waals surface area contributed by atoms with Crippen LogP contribution in [0.4, 0.5) is 5.69 Å². The van der Waals surface area contributed by atoms with Crippen LogP contribution >= 0.6 is 0 Å². The van der Waals surface area contributed by atoms with Gasteiger partial charge in [0.2, 0.25) is 11.8 Å². The average molecular weight is 323 g/mol. The van der Waals surface area contributed by atoms with Gasteiger partial charge in [0.25, 0.3) is 0 Å². The van der Waals surface area contributed by atoms with Gasteiger partial charge < -0.3 is 10.6 Å². The molecule has 0 aliphatic heterocycles. The molecule has 0 atom stereocenters. The minimum Gasteiger partial charge on any atom is -0.351 e. The number of rotatable bonds is 5. The largest absolute Gasteiger partial charge is 0.351 e. The topological polar surface area (TPSA) is 71.1 Å². The van der Waals surface area contributed by atoms with Crippen molar-refractivity contribution < 1.29 is 9.59 Å². The highest BCUT2D eigenvalue weighted by molar-refractivity contribution is 6.13. The predicted molar refractivity (Wildman–Crippen MR) is 92.3 cm³/mol. The van der Waals surface area contributed by atoms with Gasteiger partial charge in [-0.3, -0.25) is 14.6 Å². The van der Waals surface area contributed by atoms with Gasteiger partial charge in [-0.05, 0) is 67.6 Å². The smallest absolute Gasteiger partial charge is 0.240 e. The molecule has 2 N–H and O–H groups in total. The molecule has 0 saturated heterocycles. The van der Waals surface area contributed by atoms with Gasteiger partial charge in [-0.25, -0.2) is 0 Å². The number of aromatic nitrogens is 1. The molecule has 2 aromatic rings. The lowest BCUT2D eigenvalue weighted by Gasteiger charge is -2.16. The Labute approximate surface area is 141 Å². The Kier molecular flexibility index (Phi) is 4.34. The molecular formula is C19H21N3O2. The highest BCUT2D eigenvalue weighted by atomic mass is 16.2. The van der Waals surface area contributed by atoms with E-state index in [0.29, 0.717) is 19.4 Å². The van der Waals surface area contributed by atoms with Gasteiger partial charge in [0.1, 0.15) is 5.41 Å². The van der Waals surface area contributed by atoms with E-state index < -0.39 is 5.41 Å². The van der Waals surface area contributed by atoms with Crippen LogP contribution in [0.5, 0.6) is 0 Å². The number of nitrogens with one attached hydrogen (secondary N) is 2. The van der Waals surface area contributed by atoms with Crippen LogP contribution in [0.25, 0.3) is 0 Å². The highest BCUT2D eigenvalue weighted by Gasteiger charge is 2.56. The van der Waals surface area contributed by atoms with Gasteiger partial charge in [0, 0.05) is 24.6 Å². The number of carbonyl (C=O) groups is 2. The molecule has 5 nitrogen and oxygen atoms in total. The van der Waals surface area contributed by atoms with Crippen molar-refractivity contribution in [2.24, 2.45) is 5.41 Å². The van der Waals surface area contributed by atoms with Crippen LogP contribution in [0.2, 0.25) is 0 Å². The van der Waals surface area contributed by atoms with Crippen LogP contribution in [0.1, 0.15) is 29.5 Å². The average Bonchev–Trinajstić information content (AvgIpc) is 3.39. The number of aryl methyl sites for hydroxylation is 2. The molecule has 1 heterocycles. The quantitative estimate of drug-likeness (QED) is 0.831. The molecule has 0 bridgehead atoms. The molecule has 1 saturated carbocycles. The van der Waals surface area contributed by atoms with Crippen molar-refractivity contribution in [3.8, 4) is 0 Å². The van der Waals surface area contributed by atoms with Crippen LogP contribution in [-0.2, 0) is 16.1 Å². The second-order valence-corrected chi connectivity index (χ2v) is 6.37. The number of anilines is 1. The molecule has 5 heteroatoms. The van der Waals surface area contributed by atoms with Crippen LogP contribution < -0.4 is 10.6 Å². The van der Waals surface area contributed by atoms with Crippen LogP contribution in [-0.4, -0.2) is 16.8 Å². The lowest BCUT2D eigenvalue weighted by Crippen LogP contribution is -2.39. The van der Waals surface area contributed by atoms with Gasteiger partial charge in [-0.2, -0.15) is 0 Å². The molecule has 3 rings (SSSR count). The van der Waals surface area contributed by atoms with Crippen LogP contribution in [0.3, 0.4) is 0 Å². The van der Waals surface area contributed by atoms with Crippen molar-refractivity contribution in [3.05, 3.63) is 59.4 Å². The molecular weight excluding hydrogens is 302 g/mol. The summed E-state index contributed by atoms with van der Waals surface area (Å²) in [5.74, 6) is -0.432. The molecule has 1 aromatic heterocycles. The summed E-state index contributed by atoms with van der Waals surface area (Å²) in [4.78, 5) is 29.0. The number of nitrogens with zero attached hydrogens (tertiary/aromatic N) is 1. The highest BCUT2D eigenvalue weighted by Crippen LogP contribution is 2.47. The Balaban J connectivity index is 1.63. The van der Waals surface area contributed by atoms with Crippen molar-refractivity contribution in [3.63, 3.8) is 0 Å². The zero-order valence-corrected chi connectivity index (χ0v) is 13.9. The first-order valence-corrected chi connectivity index (χ1v) is 8.07. The first-order chi connectivity index (χ1) is 11.5. The molecule has 24 heavy (non-hydrogen) atoms. The van der Waals surface area contributed by atoms with Gasteiger partial charge >= 0.3 is 0 Å². The van der Waals surface area contributed by atoms with E-state index in [1.807, 2.05) is 44.2 Å². The summed E-state index contributed by atoms with van der Waals surface area (Å²) in [5, 5.41) is 5.74. The Morgan fingerprint density at radius 1 is 1.04 bits per heavy atom. The van der Waals surface area contributed by atoms with Crippen molar-refractivity contribution in [1.29, 1.82) is 0 Å². The summed E-state index contributed by atoms with van der Waals surface area (Å²) in [6, 6.07) is 9.45. The van der Waals surface area contributed by atoms with E-state index in [0.717, 1.165) is 16.8 Å². The zero-order valence-electron chi connectivity index (χ0n) is 13.9. The number of pyridine rings is 1. The maximum absolute atomic E-state index is 12.6. The summed E-state index contributed by atoms with van der Waals surface area (Å²) in [6.45, 7) is 4.43. The Morgan fingerprint density at radius 3 is 2.38 bits per heavy atom. The fourth-order valence-corrected chi connectivity index (χ4v) is 2.60. The molecule has 2 amide bonds. The fraction of sp³-hybridized carbons (Fsp3) is 0.316. The maximum atomic E-state index is 12.6. The summed E-state index contributed by atoms with van der Waals surface area (Å²) < 4.78 is 0. The molecule has 1 aliphatic rings. The van der Waals surface area contributed by atoms with E-state index >= 15 is 0 Å². The molecule has 1 aliphatic carbocycles. The number of benzene rings is 1. The van der Waals surface area contributed by atoms with E-state index in [1.165, 1.54) is 5.56 Å². The van der Waals surface area contributed by atoms with Gasteiger partial charge in [0.15, 0.2) is 0 Å². The number of carbonyl (C=O) groups excluding carboxylic acids is 2. The summed E-state index contributed by atoms with van der Waals surface area (Å²) >= 11 is 0. The van der Waals surface area contributed by atoms with E-state index in [4.69, 9.17) is 0 Å². The van der Waals surface area contributed by atoms with E-state index in [9.17, 15) is 9.59 Å². The standard InChI is InChI=1S/C19H21N3O2/c1-13-3-4-16(11-14(13)2)22-18(24)19(7-8-19)17(23)21-12-15-5-9-20-10-6-15/h3-6,9-11H,7-8,12H2,1-2H3,(H,21,23)(H,22,24). The predicted octanol–water partition coefficient (Wildman–Crippen LogP) is 2.73. The second-order valence-electron chi connectivity index (χ2n) is 6.37. The third-order valence-corrected chi connectivity index (χ3v) is 4.59.